The Morgan fingerprint density at radius 3 is 2.17 bits per heavy atom. The summed E-state index contributed by atoms with van der Waals surface area (Å²) in [6.07, 6.45) is 4.76. The van der Waals surface area contributed by atoms with Crippen molar-refractivity contribution in [2.45, 2.75) is 4.41 Å². The zero-order valence-corrected chi connectivity index (χ0v) is 4.99. The molecule has 1 unspecified atom stereocenters. The average molecular weight is 147 g/mol. The molecule has 1 N–H and O–H groups in total. The molecule has 0 amide bonds. The highest BCUT2D eigenvalue weighted by Gasteiger charge is 2.06. The van der Waals surface area contributed by atoms with Crippen LogP contribution in [-0.2, 0) is 0 Å². The van der Waals surface area contributed by atoms with Crippen LogP contribution in [0.4, 0.5) is 0 Å². The minimum atomic E-state index is -1.12. The average Bonchev–Trinajstić information content (AvgIpc) is 1.35. The van der Waals surface area contributed by atoms with Gasteiger partial charge in [0, 0.05) is 0 Å². The fraction of sp³-hybridized carbons (Fsp3) is 0.333. The Labute approximate surface area is 46.3 Å². The lowest BCUT2D eigenvalue weighted by Crippen LogP contribution is -2.14. The molecule has 0 rings (SSSR count). The van der Waals surface area contributed by atoms with Crippen LogP contribution in [-0.4, -0.2) is 17.4 Å². The predicted molar refractivity (Wildman–Crippen MR) is 31.3 cm³/mol. The van der Waals surface area contributed by atoms with Crippen molar-refractivity contribution < 1.29 is 5.11 Å². The third-order valence-corrected chi connectivity index (χ3v) is 0.492. The van der Waals surface area contributed by atoms with Gasteiger partial charge in [-0.15, -0.1) is 6.42 Å². The summed E-state index contributed by atoms with van der Waals surface area (Å²) < 4.78 is -1.12. The van der Waals surface area contributed by atoms with Gasteiger partial charge in [-0.1, -0.05) is 21.9 Å². The number of alkyl halides is 1. The highest BCUT2D eigenvalue weighted by Crippen LogP contribution is 2.03. The SMILES string of the molecule is BC(O)(Br)C#C. The molecule has 0 saturated carbocycles. The van der Waals surface area contributed by atoms with Gasteiger partial charge in [-0.3, -0.25) is 0 Å². The van der Waals surface area contributed by atoms with Crippen molar-refractivity contribution in [3.8, 4) is 12.3 Å². The molecule has 0 aromatic rings. The zero-order valence-electron chi connectivity index (χ0n) is 3.40. The standard InChI is InChI=1S/C3H4BBrO/c1-2-3(4,5)6/h1,6H,4H2. The summed E-state index contributed by atoms with van der Waals surface area (Å²) in [5, 5.41) is 8.51. The van der Waals surface area contributed by atoms with Gasteiger partial charge in [0.05, 0.1) is 0 Å². The Morgan fingerprint density at radius 2 is 2.17 bits per heavy atom. The van der Waals surface area contributed by atoms with Gasteiger partial charge in [-0.25, -0.2) is 0 Å². The molecule has 0 bridgehead atoms. The van der Waals surface area contributed by atoms with E-state index in [2.05, 4.69) is 21.9 Å². The Kier molecular flexibility index (Phi) is 1.69. The van der Waals surface area contributed by atoms with E-state index in [1.165, 1.54) is 7.85 Å². The van der Waals surface area contributed by atoms with Crippen LogP contribution in [0.5, 0.6) is 0 Å². The van der Waals surface area contributed by atoms with Crippen molar-refractivity contribution in [3.05, 3.63) is 0 Å². The summed E-state index contributed by atoms with van der Waals surface area (Å²) in [7, 11) is 1.48. The highest BCUT2D eigenvalue weighted by molar-refractivity contribution is 9.10. The number of terminal acetylenes is 1. The first-order chi connectivity index (χ1) is 2.56. The van der Waals surface area contributed by atoms with E-state index in [0.29, 0.717) is 0 Å². The molecule has 0 aliphatic carbocycles. The molecule has 0 spiro atoms. The van der Waals surface area contributed by atoms with Gasteiger partial charge in [0.25, 0.3) is 0 Å². The van der Waals surface area contributed by atoms with Gasteiger partial charge in [0.2, 0.25) is 0 Å². The molecule has 32 valence electrons. The van der Waals surface area contributed by atoms with Crippen molar-refractivity contribution in [2.75, 3.05) is 0 Å². The molecule has 1 nitrogen and oxygen atoms in total. The van der Waals surface area contributed by atoms with E-state index >= 15 is 0 Å². The van der Waals surface area contributed by atoms with E-state index in [1.807, 2.05) is 0 Å². The van der Waals surface area contributed by atoms with Crippen molar-refractivity contribution in [3.63, 3.8) is 0 Å². The number of aliphatic hydroxyl groups is 1. The van der Waals surface area contributed by atoms with Crippen molar-refractivity contribution in [2.24, 2.45) is 0 Å². The highest BCUT2D eigenvalue weighted by atomic mass is 79.9. The zero-order chi connectivity index (χ0) is 5.21. The second kappa shape index (κ2) is 1.68. The minimum absolute atomic E-state index is 1.12. The van der Waals surface area contributed by atoms with Crippen LogP contribution >= 0.6 is 15.9 Å². The maximum atomic E-state index is 8.51. The molecule has 0 heterocycles. The second-order valence-corrected chi connectivity index (χ2v) is 2.64. The number of hydrogen-bond acceptors (Lipinski definition) is 1. The van der Waals surface area contributed by atoms with Crippen LogP contribution in [0.25, 0.3) is 0 Å². The normalized spacial score (nSPS) is 18.2. The van der Waals surface area contributed by atoms with Crippen molar-refractivity contribution in [1.82, 2.24) is 0 Å². The molecule has 0 aromatic heterocycles. The molecule has 0 radical (unpaired) electrons. The Bertz CT molecular complexity index is 77.8. The van der Waals surface area contributed by atoms with Crippen LogP contribution < -0.4 is 0 Å². The maximum Gasteiger partial charge on any atom is 0.173 e. The van der Waals surface area contributed by atoms with Gasteiger partial charge in [0.15, 0.2) is 7.85 Å². The molecule has 3 heteroatoms. The molecule has 0 aliphatic rings. The molecule has 1 atom stereocenters. The molecule has 0 aromatic carbocycles. The smallest absolute Gasteiger partial charge is 0.173 e. The maximum absolute atomic E-state index is 8.51. The summed E-state index contributed by atoms with van der Waals surface area (Å²) in [4.78, 5) is 0. The van der Waals surface area contributed by atoms with E-state index in [-0.39, 0.29) is 0 Å². The second-order valence-electron chi connectivity index (χ2n) is 1.10. The van der Waals surface area contributed by atoms with Crippen LogP contribution in [0, 0.1) is 12.3 Å². The summed E-state index contributed by atoms with van der Waals surface area (Å²) in [5.74, 6) is 2.08. The predicted octanol–water partition coefficient (Wildman–Crippen LogP) is -0.706. The van der Waals surface area contributed by atoms with E-state index in [4.69, 9.17) is 11.5 Å². The third-order valence-electron chi connectivity index (χ3n) is 0.263. The number of rotatable bonds is 0. The van der Waals surface area contributed by atoms with Gasteiger partial charge in [-0.2, -0.15) is 0 Å². The fourth-order valence-electron chi connectivity index (χ4n) is 0. The molecule has 0 fully saturated rings. The fourth-order valence-corrected chi connectivity index (χ4v) is 0. The first-order valence-corrected chi connectivity index (χ1v) is 2.24. The molecule has 0 saturated heterocycles. The van der Waals surface area contributed by atoms with Crippen LogP contribution in [0.2, 0.25) is 0 Å². The summed E-state index contributed by atoms with van der Waals surface area (Å²) in [6, 6.07) is 0. The quantitative estimate of drug-likeness (QED) is 0.272. The van der Waals surface area contributed by atoms with E-state index in [9.17, 15) is 0 Å². The van der Waals surface area contributed by atoms with Crippen LogP contribution in [0.1, 0.15) is 0 Å². The van der Waals surface area contributed by atoms with Gasteiger partial charge in [-0.05, 0) is 0 Å². The summed E-state index contributed by atoms with van der Waals surface area (Å²) >= 11 is 2.80. The Hall–Kier alpha value is 0.0649. The largest absolute Gasteiger partial charge is 0.376 e. The number of halogens is 1. The van der Waals surface area contributed by atoms with Crippen molar-refractivity contribution >= 4 is 23.8 Å². The van der Waals surface area contributed by atoms with Crippen molar-refractivity contribution in [1.29, 1.82) is 0 Å². The Morgan fingerprint density at radius 1 is 2.00 bits per heavy atom. The Balaban J connectivity index is 3.55. The molecule has 6 heavy (non-hydrogen) atoms. The summed E-state index contributed by atoms with van der Waals surface area (Å²) in [6.45, 7) is 0. The molecular formula is C3H4BBrO. The van der Waals surface area contributed by atoms with E-state index in [0.717, 1.165) is 0 Å². The lowest BCUT2D eigenvalue weighted by atomic mass is 10.0. The monoisotopic (exact) mass is 146 g/mol. The van der Waals surface area contributed by atoms with Gasteiger partial charge in [0.1, 0.15) is 4.41 Å². The first-order valence-electron chi connectivity index (χ1n) is 1.45. The van der Waals surface area contributed by atoms with Gasteiger partial charge < -0.3 is 5.11 Å². The van der Waals surface area contributed by atoms with Crippen LogP contribution in [0.3, 0.4) is 0 Å². The molecular weight excluding hydrogens is 143 g/mol. The first kappa shape index (κ1) is 6.06. The lowest BCUT2D eigenvalue weighted by Gasteiger charge is -2.01. The minimum Gasteiger partial charge on any atom is -0.376 e. The molecule has 0 aliphatic heterocycles. The third kappa shape index (κ3) is 4.06. The topological polar surface area (TPSA) is 20.2 Å². The van der Waals surface area contributed by atoms with Gasteiger partial charge >= 0.3 is 0 Å². The van der Waals surface area contributed by atoms with E-state index < -0.39 is 4.41 Å². The van der Waals surface area contributed by atoms with Crippen LogP contribution in [0.15, 0.2) is 0 Å². The van der Waals surface area contributed by atoms with E-state index in [1.54, 1.807) is 0 Å². The summed E-state index contributed by atoms with van der Waals surface area (Å²) in [5.41, 5.74) is 0. The number of hydrogen-bond donors (Lipinski definition) is 1. The lowest BCUT2D eigenvalue weighted by molar-refractivity contribution is 0.287.